The fourth-order valence-electron chi connectivity index (χ4n) is 2.49. The summed E-state index contributed by atoms with van der Waals surface area (Å²) in [6, 6.07) is 12.3. The van der Waals surface area contributed by atoms with Gasteiger partial charge in [-0.1, -0.05) is 42.8 Å². The van der Waals surface area contributed by atoms with E-state index in [0.717, 1.165) is 23.4 Å². The number of hydrogen-bond donors (Lipinski definition) is 2. The Morgan fingerprint density at radius 1 is 1.20 bits per heavy atom. The summed E-state index contributed by atoms with van der Waals surface area (Å²) >= 11 is 5.99. The summed E-state index contributed by atoms with van der Waals surface area (Å²) < 4.78 is 0. The first kappa shape index (κ1) is 18.9. The van der Waals surface area contributed by atoms with Gasteiger partial charge >= 0.3 is 0 Å². The van der Waals surface area contributed by atoms with Crippen molar-refractivity contribution in [1.82, 2.24) is 0 Å². The monoisotopic (exact) mass is 362 g/mol. The van der Waals surface area contributed by atoms with Crippen LogP contribution < -0.4 is 10.2 Å². The summed E-state index contributed by atoms with van der Waals surface area (Å²) in [6.45, 7) is 3.11. The molecule has 0 spiro atoms. The van der Waals surface area contributed by atoms with Gasteiger partial charge in [0.05, 0.1) is 22.7 Å². The first-order valence-electron chi connectivity index (χ1n) is 8.02. The van der Waals surface area contributed by atoms with Crippen LogP contribution in [0.4, 0.5) is 11.4 Å². The molecule has 6 nitrogen and oxygen atoms in total. The number of likely N-dealkylation sites (N-methyl/N-ethyl adjacent to an activating group) is 1. The van der Waals surface area contributed by atoms with Gasteiger partial charge < -0.3 is 10.2 Å². The molecule has 0 aromatic heterocycles. The second-order valence-corrected chi connectivity index (χ2v) is 6.36. The Morgan fingerprint density at radius 3 is 2.40 bits per heavy atom. The van der Waals surface area contributed by atoms with E-state index in [0.29, 0.717) is 5.69 Å². The highest BCUT2D eigenvalue weighted by Crippen LogP contribution is 2.26. The van der Waals surface area contributed by atoms with Gasteiger partial charge in [0.15, 0.2) is 6.54 Å². The van der Waals surface area contributed by atoms with Crippen LogP contribution >= 0.6 is 11.6 Å². The van der Waals surface area contributed by atoms with Crippen LogP contribution in [0.2, 0.25) is 5.02 Å². The fourth-order valence-corrected chi connectivity index (χ4v) is 2.71. The van der Waals surface area contributed by atoms with E-state index in [1.807, 2.05) is 7.05 Å². The number of nitrogens with one attached hydrogen (secondary N) is 2. The number of benzene rings is 2. The zero-order valence-corrected chi connectivity index (χ0v) is 15.0. The third kappa shape index (κ3) is 5.55. The van der Waals surface area contributed by atoms with Gasteiger partial charge in [-0.3, -0.25) is 14.9 Å². The Morgan fingerprint density at radius 2 is 1.84 bits per heavy atom. The topological polar surface area (TPSA) is 76.7 Å². The minimum atomic E-state index is -0.529. The zero-order chi connectivity index (χ0) is 18.4. The Hall–Kier alpha value is -2.44. The first-order valence-corrected chi connectivity index (χ1v) is 8.39. The van der Waals surface area contributed by atoms with E-state index in [4.69, 9.17) is 11.6 Å². The van der Waals surface area contributed by atoms with Crippen LogP contribution in [0, 0.1) is 10.1 Å². The maximum Gasteiger partial charge on any atom is 0.279 e. The van der Waals surface area contributed by atoms with Gasteiger partial charge in [0, 0.05) is 17.7 Å². The van der Waals surface area contributed by atoms with E-state index in [1.54, 1.807) is 0 Å². The molecule has 0 aliphatic heterocycles. The predicted octanol–water partition coefficient (Wildman–Crippen LogP) is 2.46. The Labute approximate surface area is 151 Å². The van der Waals surface area contributed by atoms with Crippen molar-refractivity contribution in [2.45, 2.75) is 19.9 Å². The largest absolute Gasteiger partial charge is 0.326 e. The number of carbonyl (C=O) groups excluding carboxylic acids is 1. The number of aryl methyl sites for hydroxylation is 1. The summed E-state index contributed by atoms with van der Waals surface area (Å²) in [4.78, 5) is 23.4. The maximum absolute atomic E-state index is 12.2. The van der Waals surface area contributed by atoms with Gasteiger partial charge in [-0.15, -0.1) is 0 Å². The molecule has 1 unspecified atom stereocenters. The molecular weight excluding hydrogens is 342 g/mol. The molecule has 2 aromatic rings. The number of rotatable bonds is 7. The van der Waals surface area contributed by atoms with Gasteiger partial charge in [-0.2, -0.15) is 0 Å². The van der Waals surface area contributed by atoms with Crippen LogP contribution in [-0.4, -0.2) is 24.4 Å². The molecule has 132 valence electrons. The van der Waals surface area contributed by atoms with Crippen LogP contribution in [0.5, 0.6) is 0 Å². The van der Waals surface area contributed by atoms with E-state index in [1.165, 1.54) is 23.8 Å². The molecule has 2 rings (SSSR count). The highest BCUT2D eigenvalue weighted by atomic mass is 35.5. The fraction of sp³-hybridized carbons (Fsp3) is 0.278. The minimum Gasteiger partial charge on any atom is -0.326 e. The zero-order valence-electron chi connectivity index (χ0n) is 14.2. The minimum absolute atomic E-state index is 0.110. The smallest absolute Gasteiger partial charge is 0.279 e. The van der Waals surface area contributed by atoms with E-state index in [-0.39, 0.29) is 23.2 Å². The molecule has 2 aromatic carbocycles. The Balaban J connectivity index is 1.91. The molecule has 25 heavy (non-hydrogen) atoms. The van der Waals surface area contributed by atoms with Gasteiger partial charge in [0.2, 0.25) is 0 Å². The lowest BCUT2D eigenvalue weighted by molar-refractivity contribution is -0.885. The summed E-state index contributed by atoms with van der Waals surface area (Å²) in [6.07, 6.45) is 1.00. The quantitative estimate of drug-likeness (QED) is 0.586. The van der Waals surface area contributed by atoms with Crippen LogP contribution in [0.25, 0.3) is 0 Å². The number of non-ortho nitro benzene ring substituents is 1. The molecule has 2 N–H and O–H groups in total. The number of nitro benzene ring substituents is 1. The number of nitrogens with zero attached hydrogens (tertiary/aromatic N) is 1. The molecule has 0 aliphatic rings. The molecule has 0 saturated heterocycles. The Bertz CT molecular complexity index is 763. The normalized spacial score (nSPS) is 11.8. The average Bonchev–Trinajstić information content (AvgIpc) is 2.57. The Kier molecular flexibility index (Phi) is 6.50. The summed E-state index contributed by atoms with van der Waals surface area (Å²) in [5, 5.41) is 13.5. The predicted molar refractivity (Wildman–Crippen MR) is 98.0 cm³/mol. The third-order valence-corrected chi connectivity index (χ3v) is 4.15. The molecule has 0 radical (unpaired) electrons. The highest BCUT2D eigenvalue weighted by molar-refractivity contribution is 6.33. The summed E-state index contributed by atoms with van der Waals surface area (Å²) in [5.41, 5.74) is 2.71. The molecule has 0 bridgehead atoms. The molecule has 1 amide bonds. The van der Waals surface area contributed by atoms with Crippen LogP contribution in [0.15, 0.2) is 42.5 Å². The van der Waals surface area contributed by atoms with E-state index in [9.17, 15) is 14.9 Å². The van der Waals surface area contributed by atoms with E-state index >= 15 is 0 Å². The van der Waals surface area contributed by atoms with E-state index < -0.39 is 4.92 Å². The van der Waals surface area contributed by atoms with Gasteiger partial charge in [-0.25, -0.2) is 0 Å². The lowest BCUT2D eigenvalue weighted by Gasteiger charge is -2.14. The van der Waals surface area contributed by atoms with Gasteiger partial charge in [0.25, 0.3) is 11.6 Å². The number of nitro groups is 1. The van der Waals surface area contributed by atoms with Crippen molar-refractivity contribution in [3.63, 3.8) is 0 Å². The number of amides is 1. The number of hydrogen-bond acceptors (Lipinski definition) is 3. The van der Waals surface area contributed by atoms with Crippen molar-refractivity contribution in [3.05, 3.63) is 68.7 Å². The molecule has 0 heterocycles. The van der Waals surface area contributed by atoms with Crippen molar-refractivity contribution in [1.29, 1.82) is 0 Å². The second kappa shape index (κ2) is 8.60. The lowest BCUT2D eigenvalue weighted by atomic mass is 10.1. The molecular formula is C18H21ClN3O3+. The van der Waals surface area contributed by atoms with Crippen molar-refractivity contribution in [3.8, 4) is 0 Å². The number of quaternary nitrogens is 1. The summed E-state index contributed by atoms with van der Waals surface area (Å²) in [5.74, 6) is -0.196. The van der Waals surface area contributed by atoms with E-state index in [2.05, 4.69) is 36.5 Å². The van der Waals surface area contributed by atoms with Gasteiger partial charge in [-0.05, 0) is 18.1 Å². The van der Waals surface area contributed by atoms with Crippen LogP contribution in [0.1, 0.15) is 18.1 Å². The average molecular weight is 363 g/mol. The number of carbonyl (C=O) groups is 1. The highest BCUT2D eigenvalue weighted by Gasteiger charge is 2.14. The van der Waals surface area contributed by atoms with Crippen LogP contribution in [-0.2, 0) is 17.8 Å². The maximum atomic E-state index is 12.2. The standard InChI is InChI=1S/C18H20ClN3O3/c1-3-13-4-6-14(7-5-13)11-21(2)12-18(23)20-17-9-8-15(22(24)25)10-16(17)19/h4-10H,3,11-12H2,1-2H3,(H,20,23)/p+1. The van der Waals surface area contributed by atoms with Crippen LogP contribution in [0.3, 0.4) is 0 Å². The molecule has 0 fully saturated rings. The lowest BCUT2D eigenvalue weighted by Crippen LogP contribution is -3.08. The van der Waals surface area contributed by atoms with Gasteiger partial charge in [0.1, 0.15) is 6.54 Å². The van der Waals surface area contributed by atoms with Crippen molar-refractivity contribution < 1.29 is 14.6 Å². The van der Waals surface area contributed by atoms with Crippen molar-refractivity contribution in [2.75, 3.05) is 18.9 Å². The number of halogens is 1. The van der Waals surface area contributed by atoms with Crippen molar-refractivity contribution in [2.24, 2.45) is 0 Å². The first-order chi connectivity index (χ1) is 11.9. The molecule has 0 saturated carbocycles. The SMILES string of the molecule is CCc1ccc(C[NH+](C)CC(=O)Nc2ccc([N+](=O)[O-])cc2Cl)cc1. The summed E-state index contributed by atoms with van der Waals surface area (Å²) in [7, 11) is 1.94. The number of anilines is 1. The van der Waals surface area contributed by atoms with Crippen molar-refractivity contribution >= 4 is 28.9 Å². The molecule has 7 heteroatoms. The third-order valence-electron chi connectivity index (χ3n) is 3.84. The molecule has 0 aliphatic carbocycles. The second-order valence-electron chi connectivity index (χ2n) is 5.95. The molecule has 1 atom stereocenters.